The lowest BCUT2D eigenvalue weighted by atomic mass is 10.2. The second kappa shape index (κ2) is 10.2. The second-order valence-corrected chi connectivity index (χ2v) is 6.69. The molecule has 0 bridgehead atoms. The molecule has 0 aliphatic rings. The maximum Gasteiger partial charge on any atom is 0.343 e. The number of carbonyl (C=O) groups is 2. The van der Waals surface area contributed by atoms with E-state index in [4.69, 9.17) is 9.47 Å². The van der Waals surface area contributed by atoms with Gasteiger partial charge in [-0.1, -0.05) is 35.9 Å². The predicted octanol–water partition coefficient (Wildman–Crippen LogP) is 4.16. The number of rotatable bonds is 9. The molecule has 0 saturated heterocycles. The van der Waals surface area contributed by atoms with Crippen LogP contribution < -0.4 is 10.1 Å². The number of carbonyl (C=O) groups excluding carboxylic acids is 2. The number of amides is 1. The van der Waals surface area contributed by atoms with E-state index in [-0.39, 0.29) is 24.5 Å². The van der Waals surface area contributed by atoms with Gasteiger partial charge >= 0.3 is 5.97 Å². The molecule has 1 N–H and O–H groups in total. The number of nitrogens with zero attached hydrogens (tertiary/aromatic N) is 2. The van der Waals surface area contributed by atoms with Crippen molar-refractivity contribution in [2.45, 2.75) is 26.7 Å². The monoisotopic (exact) mass is 407 g/mol. The fourth-order valence-corrected chi connectivity index (χ4v) is 2.84. The highest BCUT2D eigenvalue weighted by Crippen LogP contribution is 2.21. The molecule has 0 unspecified atom stereocenters. The van der Waals surface area contributed by atoms with E-state index in [0.29, 0.717) is 18.8 Å². The first kappa shape index (κ1) is 21.1. The Balaban J connectivity index is 1.64. The van der Waals surface area contributed by atoms with Crippen LogP contribution in [0, 0.1) is 6.92 Å². The molecule has 1 heterocycles. The number of benzene rings is 2. The normalized spacial score (nSPS) is 10.5. The first-order valence-electron chi connectivity index (χ1n) is 9.88. The molecule has 1 amide bonds. The summed E-state index contributed by atoms with van der Waals surface area (Å²) in [5.41, 5.74) is 2.10. The summed E-state index contributed by atoms with van der Waals surface area (Å²) in [7, 11) is 0. The van der Waals surface area contributed by atoms with Crippen LogP contribution in [0.3, 0.4) is 0 Å². The van der Waals surface area contributed by atoms with Crippen LogP contribution in [0.2, 0.25) is 0 Å². The molecule has 0 saturated carbocycles. The molecule has 0 aliphatic carbocycles. The third-order valence-electron chi connectivity index (χ3n) is 4.36. The Bertz CT molecular complexity index is 981. The van der Waals surface area contributed by atoms with Crippen molar-refractivity contribution in [3.63, 3.8) is 0 Å². The SMILES string of the molecule is CCOC(=O)c1cnn(-c2ccccc2)c1NC(=O)CCCOc1ccc(C)cc1. The predicted molar refractivity (Wildman–Crippen MR) is 114 cm³/mol. The van der Waals surface area contributed by atoms with Crippen LogP contribution in [-0.4, -0.2) is 34.9 Å². The van der Waals surface area contributed by atoms with E-state index in [1.54, 1.807) is 6.92 Å². The van der Waals surface area contributed by atoms with Gasteiger partial charge in [0.2, 0.25) is 5.91 Å². The Kier molecular flexibility index (Phi) is 7.21. The Labute approximate surface area is 175 Å². The van der Waals surface area contributed by atoms with Gasteiger partial charge in [0.05, 0.1) is 25.1 Å². The fraction of sp³-hybridized carbons (Fsp3) is 0.261. The van der Waals surface area contributed by atoms with Gasteiger partial charge in [0.15, 0.2) is 5.82 Å². The summed E-state index contributed by atoms with van der Waals surface area (Å²) in [5, 5.41) is 7.07. The number of para-hydroxylation sites is 1. The Morgan fingerprint density at radius 2 is 1.80 bits per heavy atom. The lowest BCUT2D eigenvalue weighted by Crippen LogP contribution is -2.18. The van der Waals surface area contributed by atoms with Gasteiger partial charge < -0.3 is 14.8 Å². The lowest BCUT2D eigenvalue weighted by molar-refractivity contribution is -0.116. The average molecular weight is 407 g/mol. The van der Waals surface area contributed by atoms with Gasteiger partial charge in [-0.25, -0.2) is 9.48 Å². The van der Waals surface area contributed by atoms with Crippen LogP contribution in [0.25, 0.3) is 5.69 Å². The summed E-state index contributed by atoms with van der Waals surface area (Å²) in [6, 6.07) is 17.0. The number of esters is 1. The number of hydrogen-bond donors (Lipinski definition) is 1. The fourth-order valence-electron chi connectivity index (χ4n) is 2.84. The highest BCUT2D eigenvalue weighted by atomic mass is 16.5. The van der Waals surface area contributed by atoms with Crippen molar-refractivity contribution in [1.29, 1.82) is 0 Å². The van der Waals surface area contributed by atoms with Gasteiger partial charge in [0.25, 0.3) is 0 Å². The first-order chi connectivity index (χ1) is 14.6. The van der Waals surface area contributed by atoms with Crippen molar-refractivity contribution < 1.29 is 19.1 Å². The summed E-state index contributed by atoms with van der Waals surface area (Å²) >= 11 is 0. The van der Waals surface area contributed by atoms with Gasteiger partial charge in [-0.2, -0.15) is 5.10 Å². The molecular weight excluding hydrogens is 382 g/mol. The van der Waals surface area contributed by atoms with E-state index in [1.165, 1.54) is 10.9 Å². The molecule has 3 aromatic rings. The largest absolute Gasteiger partial charge is 0.494 e. The molecule has 0 radical (unpaired) electrons. The quantitative estimate of drug-likeness (QED) is 0.425. The number of anilines is 1. The van der Waals surface area contributed by atoms with Gasteiger partial charge in [0.1, 0.15) is 11.3 Å². The minimum atomic E-state index is -0.530. The van der Waals surface area contributed by atoms with Crippen molar-refractivity contribution in [1.82, 2.24) is 9.78 Å². The first-order valence-corrected chi connectivity index (χ1v) is 9.88. The topological polar surface area (TPSA) is 82.5 Å². The highest BCUT2D eigenvalue weighted by Gasteiger charge is 2.21. The number of aromatic nitrogens is 2. The third kappa shape index (κ3) is 5.47. The van der Waals surface area contributed by atoms with Crippen LogP contribution in [-0.2, 0) is 9.53 Å². The molecule has 0 aliphatic heterocycles. The summed E-state index contributed by atoms with van der Waals surface area (Å²) in [6.45, 7) is 4.39. The second-order valence-electron chi connectivity index (χ2n) is 6.69. The zero-order valence-corrected chi connectivity index (χ0v) is 17.1. The molecular formula is C23H25N3O4. The van der Waals surface area contributed by atoms with Gasteiger partial charge in [-0.3, -0.25) is 4.79 Å². The molecule has 0 atom stereocenters. The molecule has 3 rings (SSSR count). The Hall–Kier alpha value is -3.61. The van der Waals surface area contributed by atoms with Crippen LogP contribution in [0.4, 0.5) is 5.82 Å². The molecule has 7 heteroatoms. The lowest BCUT2D eigenvalue weighted by Gasteiger charge is -2.11. The molecule has 0 fully saturated rings. The van der Waals surface area contributed by atoms with Crippen LogP contribution in [0.15, 0.2) is 60.8 Å². The third-order valence-corrected chi connectivity index (χ3v) is 4.36. The molecule has 156 valence electrons. The van der Waals surface area contributed by atoms with E-state index in [9.17, 15) is 9.59 Å². The highest BCUT2D eigenvalue weighted by molar-refractivity contribution is 6.00. The summed E-state index contributed by atoms with van der Waals surface area (Å²) in [4.78, 5) is 24.8. The maximum absolute atomic E-state index is 12.5. The molecule has 30 heavy (non-hydrogen) atoms. The van der Waals surface area contributed by atoms with Crippen molar-refractivity contribution in [2.75, 3.05) is 18.5 Å². The van der Waals surface area contributed by atoms with Gasteiger partial charge in [0, 0.05) is 6.42 Å². The van der Waals surface area contributed by atoms with Gasteiger partial charge in [-0.15, -0.1) is 0 Å². The Morgan fingerprint density at radius 3 is 2.50 bits per heavy atom. The smallest absolute Gasteiger partial charge is 0.343 e. The molecule has 1 aromatic heterocycles. The maximum atomic E-state index is 12.5. The summed E-state index contributed by atoms with van der Waals surface area (Å²) in [5.74, 6) is 0.306. The minimum Gasteiger partial charge on any atom is -0.494 e. The van der Waals surface area contributed by atoms with Crippen LogP contribution in [0.1, 0.15) is 35.7 Å². The van der Waals surface area contributed by atoms with Crippen molar-refractivity contribution >= 4 is 17.7 Å². The van der Waals surface area contributed by atoms with Crippen molar-refractivity contribution in [3.05, 3.63) is 71.9 Å². The van der Waals surface area contributed by atoms with E-state index in [1.807, 2.05) is 61.5 Å². The van der Waals surface area contributed by atoms with E-state index >= 15 is 0 Å². The standard InChI is InChI=1S/C23H25N3O4/c1-3-29-23(28)20-16-24-26(18-8-5-4-6-9-18)22(20)25-21(27)10-7-15-30-19-13-11-17(2)12-14-19/h4-6,8-9,11-14,16H,3,7,10,15H2,1-2H3,(H,25,27). The van der Waals surface area contributed by atoms with E-state index in [2.05, 4.69) is 10.4 Å². The minimum absolute atomic E-state index is 0.213. The molecule has 7 nitrogen and oxygen atoms in total. The summed E-state index contributed by atoms with van der Waals surface area (Å²) in [6.07, 6.45) is 2.18. The zero-order chi connectivity index (χ0) is 21.3. The van der Waals surface area contributed by atoms with E-state index < -0.39 is 5.97 Å². The zero-order valence-electron chi connectivity index (χ0n) is 17.1. The number of aryl methyl sites for hydroxylation is 1. The van der Waals surface area contributed by atoms with Crippen molar-refractivity contribution in [3.8, 4) is 11.4 Å². The number of ether oxygens (including phenoxy) is 2. The summed E-state index contributed by atoms with van der Waals surface area (Å²) < 4.78 is 12.3. The van der Waals surface area contributed by atoms with E-state index in [0.717, 1.165) is 17.0 Å². The van der Waals surface area contributed by atoms with Crippen LogP contribution in [0.5, 0.6) is 5.75 Å². The van der Waals surface area contributed by atoms with Gasteiger partial charge in [-0.05, 0) is 44.5 Å². The Morgan fingerprint density at radius 1 is 1.07 bits per heavy atom. The number of hydrogen-bond acceptors (Lipinski definition) is 5. The number of nitrogens with one attached hydrogen (secondary N) is 1. The average Bonchev–Trinajstić information content (AvgIpc) is 3.17. The van der Waals surface area contributed by atoms with Crippen LogP contribution >= 0.6 is 0 Å². The molecule has 0 spiro atoms. The van der Waals surface area contributed by atoms with Crippen molar-refractivity contribution in [2.24, 2.45) is 0 Å². The molecule has 2 aromatic carbocycles.